The van der Waals surface area contributed by atoms with Gasteiger partial charge in [-0.1, -0.05) is 0 Å². The van der Waals surface area contributed by atoms with Crippen LogP contribution in [0.4, 0.5) is 23.4 Å². The summed E-state index contributed by atoms with van der Waals surface area (Å²) >= 11 is 0. The minimum absolute atomic E-state index is 0.156. The number of amides is 1. The lowest BCUT2D eigenvalue weighted by Gasteiger charge is -2.15. The van der Waals surface area contributed by atoms with Gasteiger partial charge in [0.2, 0.25) is 0 Å². The molecule has 0 saturated carbocycles. The summed E-state index contributed by atoms with van der Waals surface area (Å²) in [5.74, 6) is -5.15. The molecule has 94 valence electrons. The van der Waals surface area contributed by atoms with E-state index in [0.29, 0.717) is 0 Å². The second-order valence-corrected chi connectivity index (χ2v) is 3.08. The third-order valence-electron chi connectivity index (χ3n) is 1.74. The molecule has 0 atom stereocenters. The van der Waals surface area contributed by atoms with Gasteiger partial charge in [-0.15, -0.1) is 10.2 Å². The SMILES string of the molecule is NC(=O)c1ccc(NCC(F)(F)C(F)F)nn1. The normalized spacial score (nSPS) is 11.6. The van der Waals surface area contributed by atoms with Gasteiger partial charge < -0.3 is 11.1 Å². The Morgan fingerprint density at radius 1 is 1.41 bits per heavy atom. The zero-order chi connectivity index (χ0) is 13.1. The van der Waals surface area contributed by atoms with Crippen LogP contribution < -0.4 is 11.1 Å². The molecular weight excluding hydrogens is 244 g/mol. The van der Waals surface area contributed by atoms with Crippen molar-refractivity contribution in [1.29, 1.82) is 0 Å². The molecule has 0 radical (unpaired) electrons. The number of hydrogen-bond donors (Lipinski definition) is 2. The van der Waals surface area contributed by atoms with E-state index in [1.807, 2.05) is 5.32 Å². The lowest BCUT2D eigenvalue weighted by atomic mass is 10.3. The molecule has 1 heterocycles. The monoisotopic (exact) mass is 252 g/mol. The van der Waals surface area contributed by atoms with Gasteiger partial charge >= 0.3 is 12.3 Å². The van der Waals surface area contributed by atoms with Crippen LogP contribution in [-0.4, -0.2) is 35.0 Å². The van der Waals surface area contributed by atoms with E-state index in [4.69, 9.17) is 5.73 Å². The molecule has 1 aromatic heterocycles. The van der Waals surface area contributed by atoms with Gasteiger partial charge in [-0.25, -0.2) is 8.78 Å². The summed E-state index contributed by atoms with van der Waals surface area (Å²) in [4.78, 5) is 10.6. The number of hydrogen-bond acceptors (Lipinski definition) is 4. The number of nitrogens with zero attached hydrogens (tertiary/aromatic N) is 2. The fourth-order valence-electron chi connectivity index (χ4n) is 0.844. The van der Waals surface area contributed by atoms with Crippen molar-refractivity contribution in [2.45, 2.75) is 12.3 Å². The Morgan fingerprint density at radius 3 is 2.47 bits per heavy atom. The first kappa shape index (κ1) is 13.1. The smallest absolute Gasteiger partial charge is 0.324 e. The first-order valence-electron chi connectivity index (χ1n) is 4.36. The number of halogens is 4. The summed E-state index contributed by atoms with van der Waals surface area (Å²) in [6, 6.07) is 2.27. The maximum absolute atomic E-state index is 12.5. The Morgan fingerprint density at radius 2 is 2.06 bits per heavy atom. The minimum atomic E-state index is -4.16. The number of primary amides is 1. The van der Waals surface area contributed by atoms with Crippen molar-refractivity contribution in [2.75, 3.05) is 11.9 Å². The van der Waals surface area contributed by atoms with E-state index in [1.54, 1.807) is 0 Å². The first-order chi connectivity index (χ1) is 7.83. The molecule has 3 N–H and O–H groups in total. The Hall–Kier alpha value is -1.93. The van der Waals surface area contributed by atoms with Gasteiger partial charge in [-0.05, 0) is 12.1 Å². The molecule has 9 heteroatoms. The number of carbonyl (C=O) groups is 1. The van der Waals surface area contributed by atoms with Crippen LogP contribution in [0, 0.1) is 0 Å². The zero-order valence-electron chi connectivity index (χ0n) is 8.33. The van der Waals surface area contributed by atoms with E-state index in [2.05, 4.69) is 10.2 Å². The van der Waals surface area contributed by atoms with Gasteiger partial charge in [0.05, 0.1) is 6.54 Å². The van der Waals surface area contributed by atoms with Gasteiger partial charge in [0.1, 0.15) is 5.82 Å². The van der Waals surface area contributed by atoms with Crippen LogP contribution >= 0.6 is 0 Å². The Kier molecular flexibility index (Phi) is 3.81. The maximum Gasteiger partial charge on any atom is 0.324 e. The fourth-order valence-corrected chi connectivity index (χ4v) is 0.844. The van der Waals surface area contributed by atoms with Gasteiger partial charge in [0.15, 0.2) is 5.69 Å². The number of nitrogens with two attached hydrogens (primary N) is 1. The first-order valence-corrected chi connectivity index (χ1v) is 4.36. The summed E-state index contributed by atoms with van der Waals surface area (Å²) in [6.45, 7) is -1.28. The standard InChI is InChI=1S/C8H8F4N4O/c9-7(10)8(11,12)3-14-5-2-1-4(6(13)17)15-16-5/h1-2,7H,3H2,(H2,13,17)(H,14,16). The molecule has 17 heavy (non-hydrogen) atoms. The quantitative estimate of drug-likeness (QED) is 0.762. The molecule has 0 bridgehead atoms. The lowest BCUT2D eigenvalue weighted by molar-refractivity contribution is -0.117. The van der Waals surface area contributed by atoms with Crippen LogP contribution in [0.25, 0.3) is 0 Å². The number of carbonyl (C=O) groups excluding carboxylic acids is 1. The highest BCUT2D eigenvalue weighted by Gasteiger charge is 2.40. The molecule has 5 nitrogen and oxygen atoms in total. The molecule has 0 aromatic carbocycles. The topological polar surface area (TPSA) is 80.9 Å². The summed E-state index contributed by atoms with van der Waals surface area (Å²) in [5.41, 5.74) is 4.71. The summed E-state index contributed by atoms with van der Waals surface area (Å²) in [6.07, 6.45) is -3.77. The van der Waals surface area contributed by atoms with Gasteiger partial charge in [0, 0.05) is 0 Å². The van der Waals surface area contributed by atoms with E-state index in [0.717, 1.165) is 12.1 Å². The largest absolute Gasteiger partial charge is 0.364 e. The van der Waals surface area contributed by atoms with Gasteiger partial charge in [-0.3, -0.25) is 4.79 Å². The molecule has 1 aromatic rings. The second-order valence-electron chi connectivity index (χ2n) is 3.08. The molecule has 0 aliphatic rings. The van der Waals surface area contributed by atoms with Crippen molar-refractivity contribution in [3.8, 4) is 0 Å². The molecule has 0 fully saturated rings. The van der Waals surface area contributed by atoms with Crippen LogP contribution in [-0.2, 0) is 0 Å². The molecular formula is C8H8F4N4O. The molecule has 0 saturated heterocycles. The van der Waals surface area contributed by atoms with E-state index >= 15 is 0 Å². The second kappa shape index (κ2) is 4.93. The van der Waals surface area contributed by atoms with Crippen LogP contribution in [0.5, 0.6) is 0 Å². The maximum atomic E-state index is 12.5. The van der Waals surface area contributed by atoms with E-state index in [-0.39, 0.29) is 11.5 Å². The molecule has 0 unspecified atom stereocenters. The molecule has 0 spiro atoms. The number of anilines is 1. The highest BCUT2D eigenvalue weighted by Crippen LogP contribution is 2.22. The van der Waals surface area contributed by atoms with Crippen molar-refractivity contribution in [3.05, 3.63) is 17.8 Å². The molecule has 1 amide bonds. The van der Waals surface area contributed by atoms with Gasteiger partial charge in [0.25, 0.3) is 5.91 Å². The molecule has 1 rings (SSSR count). The van der Waals surface area contributed by atoms with E-state index in [9.17, 15) is 22.4 Å². The number of alkyl halides is 4. The van der Waals surface area contributed by atoms with Crippen LogP contribution in [0.1, 0.15) is 10.5 Å². The number of aromatic nitrogens is 2. The third-order valence-corrected chi connectivity index (χ3v) is 1.74. The number of rotatable bonds is 5. The predicted octanol–water partition coefficient (Wildman–Crippen LogP) is 0.888. The Balaban J connectivity index is 2.62. The fraction of sp³-hybridized carbons (Fsp3) is 0.375. The summed E-state index contributed by atoms with van der Waals surface area (Å²) < 4.78 is 48.6. The van der Waals surface area contributed by atoms with Crippen molar-refractivity contribution in [3.63, 3.8) is 0 Å². The predicted molar refractivity (Wildman–Crippen MR) is 50.0 cm³/mol. The van der Waals surface area contributed by atoms with Crippen molar-refractivity contribution in [1.82, 2.24) is 10.2 Å². The van der Waals surface area contributed by atoms with Crippen molar-refractivity contribution < 1.29 is 22.4 Å². The molecule has 0 aliphatic carbocycles. The van der Waals surface area contributed by atoms with Crippen molar-refractivity contribution >= 4 is 11.7 Å². The third kappa shape index (κ3) is 3.54. The van der Waals surface area contributed by atoms with Crippen molar-refractivity contribution in [2.24, 2.45) is 5.73 Å². The van der Waals surface area contributed by atoms with Crippen LogP contribution in [0.15, 0.2) is 12.1 Å². The molecule has 0 aliphatic heterocycles. The average molecular weight is 252 g/mol. The average Bonchev–Trinajstić information content (AvgIpc) is 2.27. The van der Waals surface area contributed by atoms with Gasteiger partial charge in [-0.2, -0.15) is 8.78 Å². The highest BCUT2D eigenvalue weighted by molar-refractivity contribution is 5.90. The lowest BCUT2D eigenvalue weighted by Crippen LogP contribution is -2.35. The zero-order valence-corrected chi connectivity index (χ0v) is 8.33. The van der Waals surface area contributed by atoms with Crippen LogP contribution in [0.2, 0.25) is 0 Å². The highest BCUT2D eigenvalue weighted by atomic mass is 19.3. The van der Waals surface area contributed by atoms with E-state index < -0.39 is 24.8 Å². The summed E-state index contributed by atoms with van der Waals surface area (Å²) in [5, 5.41) is 8.60. The Labute approximate surface area is 93.0 Å². The summed E-state index contributed by atoms with van der Waals surface area (Å²) in [7, 11) is 0. The Bertz CT molecular complexity index is 395. The minimum Gasteiger partial charge on any atom is -0.364 e. The van der Waals surface area contributed by atoms with Crippen LogP contribution in [0.3, 0.4) is 0 Å². The number of nitrogens with one attached hydrogen (secondary N) is 1. The van der Waals surface area contributed by atoms with E-state index in [1.165, 1.54) is 0 Å².